The number of piperazine rings is 2. The maximum absolute atomic E-state index is 13.9. The number of hydrogen-bond acceptors (Lipinski definition) is 5. The number of allylic oxidation sites excluding steroid dienone is 1. The Hall–Kier alpha value is -3.94. The number of benzene rings is 3. The van der Waals surface area contributed by atoms with E-state index in [4.69, 9.17) is 0 Å². The van der Waals surface area contributed by atoms with Crippen LogP contribution in [0.3, 0.4) is 0 Å². The molecule has 7 nitrogen and oxygen atoms in total. The van der Waals surface area contributed by atoms with Crippen LogP contribution in [0.1, 0.15) is 16.7 Å². The Morgan fingerprint density at radius 3 is 1.88 bits per heavy atom. The van der Waals surface area contributed by atoms with E-state index in [0.717, 1.165) is 56.9 Å². The van der Waals surface area contributed by atoms with Crippen LogP contribution in [0.2, 0.25) is 0 Å². The molecule has 2 aliphatic heterocycles. The predicted molar refractivity (Wildman–Crippen MR) is 163 cm³/mol. The summed E-state index contributed by atoms with van der Waals surface area (Å²) in [7, 11) is 0. The lowest BCUT2D eigenvalue weighted by Gasteiger charge is -2.37. The van der Waals surface area contributed by atoms with Crippen molar-refractivity contribution in [3.8, 4) is 0 Å². The molecule has 0 spiro atoms. The lowest BCUT2D eigenvalue weighted by atomic mass is 10.0. The van der Waals surface area contributed by atoms with E-state index in [9.17, 15) is 9.59 Å². The van der Waals surface area contributed by atoms with Gasteiger partial charge in [-0.3, -0.25) is 14.5 Å². The van der Waals surface area contributed by atoms with Crippen molar-refractivity contribution in [1.29, 1.82) is 0 Å². The molecule has 5 rings (SSSR count). The molecule has 2 saturated heterocycles. The summed E-state index contributed by atoms with van der Waals surface area (Å²) in [5.74, 6) is -0.191. The molecule has 214 valence electrons. The Morgan fingerprint density at radius 1 is 0.707 bits per heavy atom. The first kappa shape index (κ1) is 28.6. The number of rotatable bonds is 10. The Bertz CT molecular complexity index is 1270. The molecular weight excluding hydrogens is 510 g/mol. The van der Waals surface area contributed by atoms with Gasteiger partial charge in [0.25, 0.3) is 5.91 Å². The fourth-order valence-electron chi connectivity index (χ4n) is 5.57. The van der Waals surface area contributed by atoms with Crippen molar-refractivity contribution in [1.82, 2.24) is 25.3 Å². The van der Waals surface area contributed by atoms with E-state index in [-0.39, 0.29) is 11.8 Å². The molecule has 1 unspecified atom stereocenters. The number of carbonyl (C=O) groups excluding carboxylic acids is 2. The fourth-order valence-corrected chi connectivity index (χ4v) is 5.57. The van der Waals surface area contributed by atoms with E-state index in [0.29, 0.717) is 31.6 Å². The van der Waals surface area contributed by atoms with Gasteiger partial charge in [0.1, 0.15) is 6.04 Å². The van der Waals surface area contributed by atoms with Crippen LogP contribution in [0.15, 0.2) is 103 Å². The Labute approximate surface area is 243 Å². The van der Waals surface area contributed by atoms with Gasteiger partial charge >= 0.3 is 0 Å². The van der Waals surface area contributed by atoms with Crippen molar-refractivity contribution in [2.75, 3.05) is 52.4 Å². The first-order valence-corrected chi connectivity index (χ1v) is 14.8. The van der Waals surface area contributed by atoms with E-state index in [1.54, 1.807) is 0 Å². The molecule has 41 heavy (non-hydrogen) atoms. The van der Waals surface area contributed by atoms with Crippen LogP contribution in [0.25, 0.3) is 0 Å². The molecule has 1 atom stereocenters. The summed E-state index contributed by atoms with van der Waals surface area (Å²) in [6.45, 7) is 7.00. The number of amides is 2. The van der Waals surface area contributed by atoms with Crippen LogP contribution >= 0.6 is 0 Å². The molecule has 2 amide bonds. The molecule has 3 aromatic carbocycles. The molecule has 3 aromatic rings. The third-order valence-electron chi connectivity index (χ3n) is 7.88. The van der Waals surface area contributed by atoms with Crippen LogP contribution in [0.5, 0.6) is 0 Å². The molecule has 0 aromatic heterocycles. The molecule has 7 heteroatoms. The third-order valence-corrected chi connectivity index (χ3v) is 7.88. The summed E-state index contributed by atoms with van der Waals surface area (Å²) in [6, 6.07) is 30.0. The molecule has 0 aliphatic carbocycles. The second-order valence-corrected chi connectivity index (χ2v) is 10.8. The zero-order valence-electron chi connectivity index (χ0n) is 23.8. The van der Waals surface area contributed by atoms with Crippen LogP contribution in [0.4, 0.5) is 0 Å². The Morgan fingerprint density at radius 2 is 1.27 bits per heavy atom. The van der Waals surface area contributed by atoms with Crippen molar-refractivity contribution >= 4 is 11.8 Å². The summed E-state index contributed by atoms with van der Waals surface area (Å²) in [5.41, 5.74) is 4.11. The first-order chi connectivity index (χ1) is 20.2. The zero-order chi connectivity index (χ0) is 28.3. The molecule has 2 aliphatic rings. The topological polar surface area (TPSA) is 67.9 Å². The highest BCUT2D eigenvalue weighted by Gasteiger charge is 2.31. The molecule has 2 N–H and O–H groups in total. The average Bonchev–Trinajstić information content (AvgIpc) is 3.03. The first-order valence-electron chi connectivity index (χ1n) is 14.8. The van der Waals surface area contributed by atoms with E-state index in [1.807, 2.05) is 65.6 Å². The van der Waals surface area contributed by atoms with E-state index in [1.165, 1.54) is 5.56 Å². The van der Waals surface area contributed by atoms with Gasteiger partial charge in [0.05, 0.1) is 5.70 Å². The molecule has 0 bridgehead atoms. The predicted octanol–water partition coefficient (Wildman–Crippen LogP) is 3.09. The van der Waals surface area contributed by atoms with Crippen molar-refractivity contribution < 1.29 is 9.59 Å². The molecule has 2 heterocycles. The highest BCUT2D eigenvalue weighted by Crippen LogP contribution is 2.15. The molecular formula is C34H41N5O2. The van der Waals surface area contributed by atoms with Gasteiger partial charge in [-0.1, -0.05) is 97.1 Å². The normalized spacial score (nSPS) is 17.2. The second-order valence-electron chi connectivity index (χ2n) is 10.8. The van der Waals surface area contributed by atoms with Gasteiger partial charge in [0, 0.05) is 65.3 Å². The lowest BCUT2D eigenvalue weighted by molar-refractivity contribution is -0.137. The van der Waals surface area contributed by atoms with Gasteiger partial charge in [-0.25, -0.2) is 0 Å². The van der Waals surface area contributed by atoms with Crippen LogP contribution in [-0.2, 0) is 29.0 Å². The van der Waals surface area contributed by atoms with Gasteiger partial charge in [-0.2, -0.15) is 0 Å². The maximum Gasteiger partial charge on any atom is 0.267 e. The largest absolute Gasteiger partial charge is 0.365 e. The Kier molecular flexibility index (Phi) is 10.2. The highest BCUT2D eigenvalue weighted by molar-refractivity contribution is 5.96. The average molecular weight is 552 g/mol. The highest BCUT2D eigenvalue weighted by atomic mass is 16.2. The minimum atomic E-state index is -0.631. The minimum Gasteiger partial charge on any atom is -0.365 e. The van der Waals surface area contributed by atoms with Crippen LogP contribution < -0.4 is 10.6 Å². The fraction of sp³-hybridized carbons (Fsp3) is 0.353. The number of nitrogens with zero attached hydrogens (tertiary/aromatic N) is 3. The lowest BCUT2D eigenvalue weighted by Crippen LogP contribution is -2.56. The van der Waals surface area contributed by atoms with Crippen molar-refractivity contribution in [2.45, 2.75) is 25.4 Å². The minimum absolute atomic E-state index is 0.00992. The Balaban J connectivity index is 1.29. The van der Waals surface area contributed by atoms with Gasteiger partial charge < -0.3 is 20.4 Å². The number of hydrogen-bond donors (Lipinski definition) is 2. The van der Waals surface area contributed by atoms with Gasteiger partial charge in [-0.15, -0.1) is 0 Å². The van der Waals surface area contributed by atoms with Gasteiger partial charge in [0.2, 0.25) is 5.91 Å². The standard InChI is InChI=1S/C34H41N5O2/c40-33(32(38-20-18-35-19-21-38)17-16-28-10-4-1-5-11-28)36-31(26-29-12-6-2-7-13-29)34(41)39-24-22-37(23-25-39)27-30-14-8-3-9-15-30/h1-15,17,31,35H,16,18-27H2,(H,36,40)/b32-17+. The quantitative estimate of drug-likeness (QED) is 0.379. The summed E-state index contributed by atoms with van der Waals surface area (Å²) in [5, 5.41) is 6.54. The zero-order valence-corrected chi connectivity index (χ0v) is 23.8. The van der Waals surface area contributed by atoms with Crippen LogP contribution in [-0.4, -0.2) is 84.9 Å². The smallest absolute Gasteiger partial charge is 0.267 e. The van der Waals surface area contributed by atoms with Gasteiger partial charge in [-0.05, 0) is 23.1 Å². The molecule has 0 saturated carbocycles. The molecule has 2 fully saturated rings. The second kappa shape index (κ2) is 14.6. The monoisotopic (exact) mass is 551 g/mol. The van der Waals surface area contributed by atoms with E-state index in [2.05, 4.69) is 56.8 Å². The van der Waals surface area contributed by atoms with Crippen LogP contribution in [0, 0.1) is 0 Å². The summed E-state index contributed by atoms with van der Waals surface area (Å²) in [4.78, 5) is 34.3. The summed E-state index contributed by atoms with van der Waals surface area (Å²) in [6.07, 6.45) is 3.14. The van der Waals surface area contributed by atoms with E-state index < -0.39 is 6.04 Å². The summed E-state index contributed by atoms with van der Waals surface area (Å²) < 4.78 is 0. The third kappa shape index (κ3) is 8.28. The summed E-state index contributed by atoms with van der Waals surface area (Å²) >= 11 is 0. The maximum atomic E-state index is 13.9. The van der Waals surface area contributed by atoms with Crippen molar-refractivity contribution in [3.05, 3.63) is 119 Å². The molecule has 0 radical (unpaired) electrons. The van der Waals surface area contributed by atoms with E-state index >= 15 is 0 Å². The van der Waals surface area contributed by atoms with Crippen molar-refractivity contribution in [3.63, 3.8) is 0 Å². The van der Waals surface area contributed by atoms with Crippen molar-refractivity contribution in [2.24, 2.45) is 0 Å². The number of nitrogens with one attached hydrogen (secondary N) is 2. The van der Waals surface area contributed by atoms with Gasteiger partial charge in [0.15, 0.2) is 0 Å². The number of carbonyl (C=O) groups is 2. The SMILES string of the molecule is O=C(NC(Cc1ccccc1)C(=O)N1CCN(Cc2ccccc2)CC1)/C(=C\Cc1ccccc1)N1CCNCC1.